The fraction of sp³-hybridized carbons (Fsp3) is 0.333. The van der Waals surface area contributed by atoms with Crippen LogP contribution in [0.25, 0.3) is 22.2 Å². The van der Waals surface area contributed by atoms with E-state index in [-0.39, 0.29) is 30.6 Å². The summed E-state index contributed by atoms with van der Waals surface area (Å²) in [6.45, 7) is 3.91. The SMILES string of the molecule is Cl.NS(=O)(=O)CCNC(=O)c1ccc2[nH]c(O)c(-c3ccc(CN4CCOCC4)cn3)c2c1. The number of aromatic amines is 1. The van der Waals surface area contributed by atoms with E-state index in [1.807, 2.05) is 12.1 Å². The molecule has 1 saturated heterocycles. The van der Waals surface area contributed by atoms with E-state index in [4.69, 9.17) is 9.88 Å². The summed E-state index contributed by atoms with van der Waals surface area (Å²) in [5, 5.41) is 18.6. The van der Waals surface area contributed by atoms with Crippen molar-refractivity contribution >= 4 is 39.2 Å². The standard InChI is InChI=1S/C21H25N5O5S.ClH/c22-32(29,30)10-5-23-20(27)15-2-4-17-16(11-15)19(21(28)25-17)18-3-1-14(12-24-18)13-26-6-8-31-9-7-26;/h1-4,11-12,25,28H,5-10,13H2,(H,23,27)(H2,22,29,30);1H. The molecule has 0 unspecified atom stereocenters. The third-order valence-corrected chi connectivity index (χ3v) is 6.08. The van der Waals surface area contributed by atoms with Gasteiger partial charge >= 0.3 is 0 Å². The van der Waals surface area contributed by atoms with Gasteiger partial charge in [-0.25, -0.2) is 13.6 Å². The van der Waals surface area contributed by atoms with Crippen LogP contribution in [-0.4, -0.2) is 72.9 Å². The minimum Gasteiger partial charge on any atom is -0.494 e. The first-order valence-corrected chi connectivity index (χ1v) is 11.9. The fourth-order valence-electron chi connectivity index (χ4n) is 3.67. The second-order valence-electron chi connectivity index (χ2n) is 7.67. The molecular weight excluding hydrogens is 470 g/mol. The summed E-state index contributed by atoms with van der Waals surface area (Å²) in [4.78, 5) is 22.1. The number of hydrogen-bond acceptors (Lipinski definition) is 7. The Labute approximate surface area is 197 Å². The molecule has 12 heteroatoms. The number of amides is 1. The summed E-state index contributed by atoms with van der Waals surface area (Å²) in [6, 6.07) is 8.72. The van der Waals surface area contributed by atoms with E-state index in [0.717, 1.165) is 38.4 Å². The minimum absolute atomic E-state index is 0. The van der Waals surface area contributed by atoms with Crippen LogP contribution < -0.4 is 10.5 Å². The first kappa shape index (κ1) is 24.9. The van der Waals surface area contributed by atoms with Crippen molar-refractivity contribution in [1.82, 2.24) is 20.2 Å². The molecule has 0 atom stereocenters. The highest BCUT2D eigenvalue weighted by Crippen LogP contribution is 2.36. The monoisotopic (exact) mass is 495 g/mol. The topological polar surface area (TPSA) is 151 Å². The van der Waals surface area contributed by atoms with E-state index in [9.17, 15) is 18.3 Å². The number of H-pyrrole nitrogens is 1. The Kier molecular flexibility index (Phi) is 7.92. The minimum atomic E-state index is -3.66. The predicted molar refractivity (Wildman–Crippen MR) is 127 cm³/mol. The highest BCUT2D eigenvalue weighted by molar-refractivity contribution is 7.89. The number of aromatic nitrogens is 2. The van der Waals surface area contributed by atoms with Gasteiger partial charge in [-0.2, -0.15) is 0 Å². The number of hydrogen-bond donors (Lipinski definition) is 4. The average molecular weight is 496 g/mol. The van der Waals surface area contributed by atoms with Crippen LogP contribution >= 0.6 is 12.4 Å². The maximum atomic E-state index is 12.4. The lowest BCUT2D eigenvalue weighted by atomic mass is 10.1. The van der Waals surface area contributed by atoms with Crippen molar-refractivity contribution in [2.24, 2.45) is 5.14 Å². The third kappa shape index (κ3) is 6.21. The molecule has 1 aliphatic heterocycles. The van der Waals surface area contributed by atoms with E-state index in [1.165, 1.54) is 0 Å². The molecule has 0 bridgehead atoms. The van der Waals surface area contributed by atoms with Crippen molar-refractivity contribution in [3.63, 3.8) is 0 Å². The molecule has 0 spiro atoms. The van der Waals surface area contributed by atoms with E-state index in [0.29, 0.717) is 27.7 Å². The van der Waals surface area contributed by atoms with Gasteiger partial charge in [-0.1, -0.05) is 6.07 Å². The van der Waals surface area contributed by atoms with Crippen molar-refractivity contribution in [3.8, 4) is 17.1 Å². The number of halogens is 1. The Balaban J connectivity index is 0.00000306. The maximum absolute atomic E-state index is 12.4. The number of pyridine rings is 1. The smallest absolute Gasteiger partial charge is 0.251 e. The van der Waals surface area contributed by atoms with Gasteiger partial charge in [0.05, 0.1) is 30.2 Å². The first-order chi connectivity index (χ1) is 15.3. The molecule has 1 fully saturated rings. The number of sulfonamides is 1. The summed E-state index contributed by atoms with van der Waals surface area (Å²) < 4.78 is 27.5. The van der Waals surface area contributed by atoms with E-state index < -0.39 is 15.9 Å². The number of aromatic hydroxyl groups is 1. The molecule has 1 aliphatic rings. The Hall–Kier alpha value is -2.70. The fourth-order valence-corrected chi connectivity index (χ4v) is 4.06. The number of rotatable bonds is 7. The zero-order valence-electron chi connectivity index (χ0n) is 17.8. The number of nitrogens with two attached hydrogens (primary N) is 1. The van der Waals surface area contributed by atoms with Gasteiger partial charge in [0.25, 0.3) is 5.91 Å². The van der Waals surface area contributed by atoms with Gasteiger partial charge in [0.2, 0.25) is 10.0 Å². The zero-order chi connectivity index (χ0) is 22.7. The number of carbonyl (C=O) groups excluding carboxylic acids is 1. The van der Waals surface area contributed by atoms with Crippen LogP contribution in [0.15, 0.2) is 36.5 Å². The van der Waals surface area contributed by atoms with Gasteiger partial charge in [-0.15, -0.1) is 12.4 Å². The number of morpholine rings is 1. The molecule has 10 nitrogen and oxygen atoms in total. The number of nitrogens with zero attached hydrogens (tertiary/aromatic N) is 2. The van der Waals surface area contributed by atoms with E-state index in [1.54, 1.807) is 24.4 Å². The van der Waals surface area contributed by atoms with Crippen molar-refractivity contribution in [2.45, 2.75) is 6.54 Å². The zero-order valence-corrected chi connectivity index (χ0v) is 19.4. The summed E-state index contributed by atoms with van der Waals surface area (Å²) in [7, 11) is -3.66. The lowest BCUT2D eigenvalue weighted by molar-refractivity contribution is 0.0341. The number of fused-ring (bicyclic) bond motifs is 1. The largest absolute Gasteiger partial charge is 0.494 e. The van der Waals surface area contributed by atoms with Gasteiger partial charge in [-0.3, -0.25) is 14.7 Å². The molecule has 178 valence electrons. The second-order valence-corrected chi connectivity index (χ2v) is 9.41. The first-order valence-electron chi connectivity index (χ1n) is 10.2. The highest BCUT2D eigenvalue weighted by atomic mass is 35.5. The summed E-state index contributed by atoms with van der Waals surface area (Å²) >= 11 is 0. The Morgan fingerprint density at radius 1 is 1.24 bits per heavy atom. The number of carbonyl (C=O) groups is 1. The Bertz CT molecular complexity index is 1220. The van der Waals surface area contributed by atoms with Gasteiger partial charge in [0.15, 0.2) is 5.88 Å². The third-order valence-electron chi connectivity index (χ3n) is 5.30. The molecule has 4 rings (SSSR count). The second kappa shape index (κ2) is 10.5. The molecule has 3 heterocycles. The molecule has 2 aromatic heterocycles. The molecule has 5 N–H and O–H groups in total. The number of benzene rings is 1. The van der Waals surface area contributed by atoms with E-state index in [2.05, 4.69) is 20.2 Å². The molecule has 0 saturated carbocycles. The van der Waals surface area contributed by atoms with Crippen LogP contribution in [0.4, 0.5) is 0 Å². The lowest BCUT2D eigenvalue weighted by Gasteiger charge is -2.26. The quantitative estimate of drug-likeness (QED) is 0.384. The van der Waals surface area contributed by atoms with Gasteiger partial charge in [0.1, 0.15) is 0 Å². The molecular formula is C21H26ClN5O5S. The van der Waals surface area contributed by atoms with Crippen LogP contribution in [0, 0.1) is 0 Å². The van der Waals surface area contributed by atoms with Crippen LogP contribution in [0.2, 0.25) is 0 Å². The molecule has 33 heavy (non-hydrogen) atoms. The Morgan fingerprint density at radius 2 is 2.00 bits per heavy atom. The molecule has 1 aromatic carbocycles. The highest BCUT2D eigenvalue weighted by Gasteiger charge is 2.17. The maximum Gasteiger partial charge on any atom is 0.251 e. The molecule has 1 amide bonds. The van der Waals surface area contributed by atoms with Crippen molar-refractivity contribution in [3.05, 3.63) is 47.7 Å². The van der Waals surface area contributed by atoms with Gasteiger partial charge in [0, 0.05) is 48.8 Å². The molecule has 0 aliphatic carbocycles. The summed E-state index contributed by atoms with van der Waals surface area (Å²) in [5.41, 5.74) is 3.11. The van der Waals surface area contributed by atoms with Crippen molar-refractivity contribution in [1.29, 1.82) is 0 Å². The Morgan fingerprint density at radius 3 is 2.67 bits per heavy atom. The summed E-state index contributed by atoms with van der Waals surface area (Å²) in [6.07, 6.45) is 1.78. The number of ether oxygens (including phenoxy) is 1. The van der Waals surface area contributed by atoms with Gasteiger partial charge in [-0.05, 0) is 29.8 Å². The van der Waals surface area contributed by atoms with Crippen LogP contribution in [0.3, 0.4) is 0 Å². The normalized spacial score (nSPS) is 14.7. The van der Waals surface area contributed by atoms with Crippen LogP contribution in [-0.2, 0) is 21.3 Å². The molecule has 3 aromatic rings. The average Bonchev–Trinajstić information content (AvgIpc) is 3.09. The summed E-state index contributed by atoms with van der Waals surface area (Å²) in [5.74, 6) is -0.825. The van der Waals surface area contributed by atoms with Crippen molar-refractivity contribution in [2.75, 3.05) is 38.6 Å². The molecule has 0 radical (unpaired) electrons. The van der Waals surface area contributed by atoms with Crippen molar-refractivity contribution < 1.29 is 23.1 Å². The van der Waals surface area contributed by atoms with Crippen LogP contribution in [0.1, 0.15) is 15.9 Å². The number of primary sulfonamides is 1. The van der Waals surface area contributed by atoms with Crippen LogP contribution in [0.5, 0.6) is 5.88 Å². The van der Waals surface area contributed by atoms with Gasteiger partial charge < -0.3 is 20.1 Å². The predicted octanol–water partition coefficient (Wildman–Crippen LogP) is 1.21. The lowest BCUT2D eigenvalue weighted by Crippen LogP contribution is -2.35. The van der Waals surface area contributed by atoms with E-state index >= 15 is 0 Å². The number of nitrogens with one attached hydrogen (secondary N) is 2.